The predicted molar refractivity (Wildman–Crippen MR) is 88.8 cm³/mol. The molecule has 0 spiro atoms. The van der Waals surface area contributed by atoms with E-state index in [1.54, 1.807) is 20.0 Å². The summed E-state index contributed by atoms with van der Waals surface area (Å²) in [4.78, 5) is 8.66. The van der Waals surface area contributed by atoms with Crippen LogP contribution >= 0.6 is 0 Å². The predicted octanol–water partition coefficient (Wildman–Crippen LogP) is 1.94. The summed E-state index contributed by atoms with van der Waals surface area (Å²) in [5, 5.41) is 20.9. The van der Waals surface area contributed by atoms with Gasteiger partial charge in [0.15, 0.2) is 0 Å². The van der Waals surface area contributed by atoms with E-state index < -0.39 is 11.3 Å². The first-order chi connectivity index (χ1) is 9.91. The third-order valence-electron chi connectivity index (χ3n) is 4.34. The number of hydrogen-bond acceptors (Lipinski definition) is 5. The van der Waals surface area contributed by atoms with Crippen molar-refractivity contribution in [2.45, 2.75) is 58.4 Å². The lowest BCUT2D eigenvalue weighted by atomic mass is 9.99. The highest BCUT2D eigenvalue weighted by Crippen LogP contribution is 2.29. The fraction of sp³-hybridized carbons (Fsp3) is 0.706. The molecular weight excluding hydrogens is 278 g/mol. The van der Waals surface area contributed by atoms with Gasteiger partial charge in [-0.15, -0.1) is 0 Å². The molecule has 1 aromatic rings. The average Bonchev–Trinajstić information content (AvgIpc) is 2.35. The fourth-order valence-corrected chi connectivity index (χ4v) is 2.83. The maximum Gasteiger partial charge on any atom is 0.149 e. The van der Waals surface area contributed by atoms with Crippen LogP contribution in [0, 0.1) is 0 Å². The Bertz CT molecular complexity index is 512. The van der Waals surface area contributed by atoms with Crippen molar-refractivity contribution in [1.82, 2.24) is 9.88 Å². The van der Waals surface area contributed by atoms with Crippen LogP contribution in [0.2, 0.25) is 0 Å². The Balaban J connectivity index is 2.20. The molecule has 0 radical (unpaired) electrons. The quantitative estimate of drug-likeness (QED) is 0.874. The normalized spacial score (nSPS) is 24.6. The second kappa shape index (κ2) is 5.48. The van der Waals surface area contributed by atoms with E-state index >= 15 is 0 Å². The molecule has 0 aliphatic carbocycles. The molecule has 1 aromatic heterocycles. The van der Waals surface area contributed by atoms with Gasteiger partial charge >= 0.3 is 0 Å². The maximum atomic E-state index is 10.8. The molecular formula is C17H29N3O2. The van der Waals surface area contributed by atoms with Crippen molar-refractivity contribution in [1.29, 1.82) is 0 Å². The van der Waals surface area contributed by atoms with Crippen LogP contribution in [0.15, 0.2) is 18.3 Å². The molecule has 1 fully saturated rings. The summed E-state index contributed by atoms with van der Waals surface area (Å²) in [6, 6.07) is 3.74. The summed E-state index contributed by atoms with van der Waals surface area (Å²) in [6.07, 6.45) is 1.68. The van der Waals surface area contributed by atoms with Crippen LogP contribution in [-0.2, 0) is 5.60 Å². The number of β-amino-alcohol motifs (C(OH)–C–C–N with tert-alkyl or cyclic N) is 1. The molecule has 124 valence electrons. The van der Waals surface area contributed by atoms with Crippen LogP contribution in [0.1, 0.15) is 47.1 Å². The summed E-state index contributed by atoms with van der Waals surface area (Å²) in [5.41, 5.74) is -1.06. The first-order valence-corrected chi connectivity index (χ1v) is 7.85. The Labute approximate surface area is 133 Å². The molecule has 2 rings (SSSR count). The maximum absolute atomic E-state index is 10.8. The molecule has 1 atom stereocenters. The van der Waals surface area contributed by atoms with Gasteiger partial charge in [-0.1, -0.05) is 6.07 Å². The highest BCUT2D eigenvalue weighted by molar-refractivity contribution is 5.43. The Morgan fingerprint density at radius 1 is 1.14 bits per heavy atom. The van der Waals surface area contributed by atoms with Crippen molar-refractivity contribution in [3.63, 3.8) is 0 Å². The Morgan fingerprint density at radius 3 is 2.18 bits per heavy atom. The topological polar surface area (TPSA) is 59.8 Å². The van der Waals surface area contributed by atoms with E-state index in [1.165, 1.54) is 0 Å². The van der Waals surface area contributed by atoms with E-state index in [0.29, 0.717) is 6.54 Å². The molecule has 1 aliphatic heterocycles. The Kier molecular flexibility index (Phi) is 4.28. The van der Waals surface area contributed by atoms with E-state index in [9.17, 15) is 10.2 Å². The lowest BCUT2D eigenvalue weighted by Crippen LogP contribution is -2.64. The number of piperazine rings is 1. The van der Waals surface area contributed by atoms with E-state index in [1.807, 2.05) is 24.0 Å². The SMILES string of the molecule is CC(C)(O)c1ccc(N2CCN(C(C)(C)C)CC2(C)O)nc1. The van der Waals surface area contributed by atoms with Gasteiger partial charge in [-0.2, -0.15) is 0 Å². The van der Waals surface area contributed by atoms with Gasteiger partial charge in [0.05, 0.1) is 5.60 Å². The fourth-order valence-electron chi connectivity index (χ4n) is 2.83. The van der Waals surface area contributed by atoms with E-state index in [0.717, 1.165) is 24.5 Å². The van der Waals surface area contributed by atoms with E-state index in [-0.39, 0.29) is 5.54 Å². The van der Waals surface area contributed by atoms with Crippen LogP contribution in [0.5, 0.6) is 0 Å². The summed E-state index contributed by atoms with van der Waals surface area (Å²) in [6.45, 7) is 14.0. The summed E-state index contributed by atoms with van der Waals surface area (Å²) < 4.78 is 0. The number of nitrogens with zero attached hydrogens (tertiary/aromatic N) is 3. The van der Waals surface area contributed by atoms with Gasteiger partial charge < -0.3 is 15.1 Å². The number of rotatable bonds is 2. The number of hydrogen-bond donors (Lipinski definition) is 2. The lowest BCUT2D eigenvalue weighted by molar-refractivity contribution is -0.0354. The molecule has 5 heteroatoms. The van der Waals surface area contributed by atoms with Crippen LogP contribution in [0.3, 0.4) is 0 Å². The first-order valence-electron chi connectivity index (χ1n) is 7.85. The van der Waals surface area contributed by atoms with Crippen molar-refractivity contribution in [3.05, 3.63) is 23.9 Å². The number of aromatic nitrogens is 1. The highest BCUT2D eigenvalue weighted by atomic mass is 16.3. The molecule has 1 saturated heterocycles. The van der Waals surface area contributed by atoms with Crippen molar-refractivity contribution in [3.8, 4) is 0 Å². The average molecular weight is 307 g/mol. The molecule has 0 amide bonds. The zero-order valence-corrected chi connectivity index (χ0v) is 14.6. The zero-order valence-electron chi connectivity index (χ0n) is 14.6. The van der Waals surface area contributed by atoms with Crippen LogP contribution in [-0.4, -0.2) is 51.0 Å². The molecule has 2 heterocycles. The van der Waals surface area contributed by atoms with Crippen molar-refractivity contribution >= 4 is 5.82 Å². The minimum Gasteiger partial charge on any atom is -0.386 e. The van der Waals surface area contributed by atoms with Gasteiger partial charge in [-0.05, 0) is 47.6 Å². The number of aliphatic hydroxyl groups is 2. The smallest absolute Gasteiger partial charge is 0.149 e. The largest absolute Gasteiger partial charge is 0.386 e. The molecule has 0 aromatic carbocycles. The third-order valence-corrected chi connectivity index (χ3v) is 4.34. The molecule has 2 N–H and O–H groups in total. The summed E-state index contributed by atoms with van der Waals surface area (Å²) in [7, 11) is 0. The third kappa shape index (κ3) is 3.59. The monoisotopic (exact) mass is 307 g/mol. The van der Waals surface area contributed by atoms with Gasteiger partial charge in [0.2, 0.25) is 0 Å². The van der Waals surface area contributed by atoms with Crippen LogP contribution < -0.4 is 4.90 Å². The van der Waals surface area contributed by atoms with Gasteiger partial charge in [0.25, 0.3) is 0 Å². The summed E-state index contributed by atoms with van der Waals surface area (Å²) in [5.74, 6) is 0.742. The van der Waals surface area contributed by atoms with Crippen molar-refractivity contribution < 1.29 is 10.2 Å². The number of pyridine rings is 1. The van der Waals surface area contributed by atoms with Crippen LogP contribution in [0.4, 0.5) is 5.82 Å². The minimum atomic E-state index is -0.964. The second-order valence-corrected chi connectivity index (χ2v) is 7.93. The standard InChI is InChI=1S/C17H29N3O2/c1-15(2,3)19-9-10-20(17(6,22)12-19)14-8-7-13(11-18-14)16(4,5)21/h7-8,11,21-22H,9-10,12H2,1-6H3. The molecule has 0 bridgehead atoms. The van der Waals surface area contributed by atoms with Crippen LogP contribution in [0.25, 0.3) is 0 Å². The highest BCUT2D eigenvalue weighted by Gasteiger charge is 2.39. The first kappa shape index (κ1) is 17.2. The van der Waals surface area contributed by atoms with Gasteiger partial charge in [-0.3, -0.25) is 4.90 Å². The van der Waals surface area contributed by atoms with Crippen molar-refractivity contribution in [2.24, 2.45) is 0 Å². The molecule has 1 aliphatic rings. The zero-order chi connectivity index (χ0) is 16.8. The van der Waals surface area contributed by atoms with E-state index in [2.05, 4.69) is 30.7 Å². The molecule has 1 unspecified atom stereocenters. The molecule has 5 nitrogen and oxygen atoms in total. The summed E-state index contributed by atoms with van der Waals surface area (Å²) >= 11 is 0. The van der Waals surface area contributed by atoms with Gasteiger partial charge in [-0.25, -0.2) is 4.98 Å². The Hall–Kier alpha value is -1.17. The molecule has 22 heavy (non-hydrogen) atoms. The minimum absolute atomic E-state index is 0.0360. The van der Waals surface area contributed by atoms with Crippen molar-refractivity contribution in [2.75, 3.05) is 24.5 Å². The Morgan fingerprint density at radius 2 is 1.77 bits per heavy atom. The number of anilines is 1. The lowest BCUT2D eigenvalue weighted by Gasteiger charge is -2.50. The van der Waals surface area contributed by atoms with E-state index in [4.69, 9.17) is 0 Å². The van der Waals surface area contributed by atoms with Gasteiger partial charge in [0, 0.05) is 36.9 Å². The second-order valence-electron chi connectivity index (χ2n) is 7.93. The van der Waals surface area contributed by atoms with Gasteiger partial charge in [0.1, 0.15) is 11.5 Å². The molecule has 0 saturated carbocycles.